The Bertz CT molecular complexity index is 696. The number of anilines is 1. The number of carbonyl (C=O) groups is 1. The molecule has 6 heteroatoms. The van der Waals surface area contributed by atoms with E-state index >= 15 is 0 Å². The molecule has 1 amide bonds. The first-order valence-corrected chi connectivity index (χ1v) is 8.58. The normalized spacial score (nSPS) is 20.1. The third-order valence-electron chi connectivity index (χ3n) is 4.43. The Hall–Kier alpha value is -1.59. The van der Waals surface area contributed by atoms with Crippen LogP contribution in [0.25, 0.3) is 0 Å². The third kappa shape index (κ3) is 5.44. The largest absolute Gasteiger partial charge is 0.326 e. The fourth-order valence-corrected chi connectivity index (χ4v) is 3.39. The molecule has 1 aliphatic rings. The summed E-state index contributed by atoms with van der Waals surface area (Å²) in [5.41, 5.74) is 8.29. The molecule has 0 radical (unpaired) electrons. The highest BCUT2D eigenvalue weighted by atomic mass is 35.5. The van der Waals surface area contributed by atoms with Crippen LogP contribution < -0.4 is 11.1 Å². The molecular formula is C19H23Cl2N3O. The van der Waals surface area contributed by atoms with Crippen LogP contribution in [0.1, 0.15) is 17.9 Å². The lowest BCUT2D eigenvalue weighted by Gasteiger charge is -2.16. The van der Waals surface area contributed by atoms with Gasteiger partial charge in [0, 0.05) is 48.7 Å². The lowest BCUT2D eigenvalue weighted by atomic mass is 9.95. The van der Waals surface area contributed by atoms with Crippen molar-refractivity contribution in [2.45, 2.75) is 18.4 Å². The molecule has 1 saturated heterocycles. The van der Waals surface area contributed by atoms with E-state index < -0.39 is 0 Å². The molecule has 0 aliphatic carbocycles. The van der Waals surface area contributed by atoms with Gasteiger partial charge in [0.05, 0.1) is 0 Å². The van der Waals surface area contributed by atoms with E-state index in [0.717, 1.165) is 18.8 Å². The van der Waals surface area contributed by atoms with Crippen molar-refractivity contribution >= 4 is 35.6 Å². The molecule has 0 aromatic heterocycles. The first-order chi connectivity index (χ1) is 11.6. The molecule has 1 fully saturated rings. The maximum Gasteiger partial charge on any atom is 0.225 e. The fraction of sp³-hybridized carbons (Fsp3) is 0.316. The van der Waals surface area contributed by atoms with Gasteiger partial charge in [-0.3, -0.25) is 4.79 Å². The van der Waals surface area contributed by atoms with Gasteiger partial charge in [0.1, 0.15) is 0 Å². The molecule has 0 saturated carbocycles. The van der Waals surface area contributed by atoms with E-state index in [9.17, 15) is 4.79 Å². The van der Waals surface area contributed by atoms with E-state index in [2.05, 4.69) is 22.3 Å². The van der Waals surface area contributed by atoms with Crippen molar-refractivity contribution in [2.24, 2.45) is 5.73 Å². The minimum atomic E-state index is -0.00556. The van der Waals surface area contributed by atoms with Gasteiger partial charge in [-0.25, -0.2) is 0 Å². The van der Waals surface area contributed by atoms with E-state index in [-0.39, 0.29) is 24.4 Å². The molecule has 2 atom stereocenters. The lowest BCUT2D eigenvalue weighted by Crippen LogP contribution is -2.30. The number of halogens is 2. The monoisotopic (exact) mass is 379 g/mol. The Morgan fingerprint density at radius 3 is 2.64 bits per heavy atom. The molecule has 0 spiro atoms. The molecule has 25 heavy (non-hydrogen) atoms. The predicted octanol–water partition coefficient (Wildman–Crippen LogP) is 3.52. The number of carbonyl (C=O) groups excluding carboxylic acids is 1. The van der Waals surface area contributed by atoms with Crippen LogP contribution in [0.4, 0.5) is 5.69 Å². The van der Waals surface area contributed by atoms with E-state index in [1.807, 2.05) is 30.3 Å². The van der Waals surface area contributed by atoms with E-state index in [1.54, 1.807) is 12.1 Å². The first-order valence-electron chi connectivity index (χ1n) is 8.20. The molecule has 2 aromatic rings. The van der Waals surface area contributed by atoms with Crippen LogP contribution in [0.3, 0.4) is 0 Å². The molecule has 0 unspecified atom stereocenters. The van der Waals surface area contributed by atoms with Crippen LogP contribution >= 0.6 is 24.0 Å². The van der Waals surface area contributed by atoms with Crippen LogP contribution in [0.15, 0.2) is 54.6 Å². The zero-order valence-corrected chi connectivity index (χ0v) is 15.5. The second kappa shape index (κ2) is 9.20. The van der Waals surface area contributed by atoms with Crippen molar-refractivity contribution in [1.82, 2.24) is 4.90 Å². The number of rotatable bonds is 5. The van der Waals surface area contributed by atoms with Gasteiger partial charge in [-0.05, 0) is 23.8 Å². The summed E-state index contributed by atoms with van der Waals surface area (Å²) >= 11 is 5.93. The minimum Gasteiger partial charge on any atom is -0.326 e. The molecule has 1 heterocycles. The van der Waals surface area contributed by atoms with Crippen LogP contribution in [0.5, 0.6) is 0 Å². The Morgan fingerprint density at radius 2 is 1.92 bits per heavy atom. The average Bonchev–Trinajstić information content (AvgIpc) is 2.95. The molecule has 3 N–H and O–H groups in total. The summed E-state index contributed by atoms with van der Waals surface area (Å²) < 4.78 is 0. The Labute approximate surface area is 159 Å². The number of hydrogen-bond acceptors (Lipinski definition) is 3. The summed E-state index contributed by atoms with van der Waals surface area (Å²) in [5, 5.41) is 3.49. The Morgan fingerprint density at radius 1 is 1.16 bits per heavy atom. The van der Waals surface area contributed by atoms with E-state index in [4.69, 9.17) is 17.3 Å². The fourth-order valence-electron chi connectivity index (χ4n) is 3.20. The van der Waals surface area contributed by atoms with Gasteiger partial charge in [-0.1, -0.05) is 48.0 Å². The maximum atomic E-state index is 12.1. The van der Waals surface area contributed by atoms with Gasteiger partial charge >= 0.3 is 0 Å². The van der Waals surface area contributed by atoms with E-state index in [1.165, 1.54) is 5.56 Å². The number of amides is 1. The summed E-state index contributed by atoms with van der Waals surface area (Å²) in [7, 11) is 0. The van der Waals surface area contributed by atoms with Crippen LogP contribution in [0.2, 0.25) is 5.02 Å². The van der Waals surface area contributed by atoms with E-state index in [0.29, 0.717) is 23.9 Å². The van der Waals surface area contributed by atoms with Crippen LogP contribution in [-0.4, -0.2) is 36.5 Å². The van der Waals surface area contributed by atoms with Crippen LogP contribution in [-0.2, 0) is 4.79 Å². The molecule has 3 rings (SSSR count). The van der Waals surface area contributed by atoms with Crippen molar-refractivity contribution in [3.05, 3.63) is 65.2 Å². The van der Waals surface area contributed by atoms with Crippen molar-refractivity contribution in [3.8, 4) is 0 Å². The average molecular weight is 380 g/mol. The smallest absolute Gasteiger partial charge is 0.225 e. The summed E-state index contributed by atoms with van der Waals surface area (Å²) in [6, 6.07) is 17.7. The van der Waals surface area contributed by atoms with Gasteiger partial charge in [0.15, 0.2) is 0 Å². The highest BCUT2D eigenvalue weighted by Crippen LogP contribution is 2.26. The molecule has 1 aliphatic heterocycles. The second-order valence-electron chi connectivity index (χ2n) is 6.25. The maximum absolute atomic E-state index is 12.1. The highest BCUT2D eigenvalue weighted by Gasteiger charge is 2.30. The molecule has 0 bridgehead atoms. The molecule has 134 valence electrons. The van der Waals surface area contributed by atoms with Gasteiger partial charge in [-0.15, -0.1) is 12.4 Å². The standard InChI is InChI=1S/C19H22ClN3O.ClH/c20-15-7-4-8-16(11-15)22-19(24)9-10-23-12-17(18(21)13-23)14-5-2-1-3-6-14;/h1-8,11,17-18H,9-10,12-13,21H2,(H,22,24);1H/t17-,18+;/m0./s1. The van der Waals surface area contributed by atoms with Gasteiger partial charge in [0.25, 0.3) is 0 Å². The topological polar surface area (TPSA) is 58.4 Å². The summed E-state index contributed by atoms with van der Waals surface area (Å²) in [6.07, 6.45) is 0.445. The quantitative estimate of drug-likeness (QED) is 0.835. The number of benzene rings is 2. The van der Waals surface area contributed by atoms with Gasteiger partial charge in [0.2, 0.25) is 5.91 Å². The van der Waals surface area contributed by atoms with Gasteiger partial charge < -0.3 is 16.0 Å². The summed E-state index contributed by atoms with van der Waals surface area (Å²) in [6.45, 7) is 2.43. The number of nitrogens with zero attached hydrogens (tertiary/aromatic N) is 1. The highest BCUT2D eigenvalue weighted by molar-refractivity contribution is 6.30. The molecule has 4 nitrogen and oxygen atoms in total. The zero-order valence-electron chi connectivity index (χ0n) is 13.9. The number of nitrogens with one attached hydrogen (secondary N) is 1. The SMILES string of the molecule is Cl.N[C@@H]1CN(CCC(=O)Nc2cccc(Cl)c2)C[C@H]1c1ccccc1. The minimum absolute atomic E-state index is 0. The third-order valence-corrected chi connectivity index (χ3v) is 4.67. The number of likely N-dealkylation sites (tertiary alicyclic amines) is 1. The Balaban J connectivity index is 0.00000225. The molecular weight excluding hydrogens is 357 g/mol. The molecule has 2 aromatic carbocycles. The van der Waals surface area contributed by atoms with Gasteiger partial charge in [-0.2, -0.15) is 0 Å². The van der Waals surface area contributed by atoms with Crippen molar-refractivity contribution in [1.29, 1.82) is 0 Å². The van der Waals surface area contributed by atoms with Crippen LogP contribution in [0, 0.1) is 0 Å². The summed E-state index contributed by atoms with van der Waals surface area (Å²) in [5.74, 6) is 0.330. The Kier molecular flexibility index (Phi) is 7.26. The zero-order chi connectivity index (χ0) is 16.9. The first kappa shape index (κ1) is 19.7. The van der Waals surface area contributed by atoms with Crippen molar-refractivity contribution in [3.63, 3.8) is 0 Å². The number of nitrogens with two attached hydrogens (primary N) is 1. The van der Waals surface area contributed by atoms with Crippen molar-refractivity contribution in [2.75, 3.05) is 25.0 Å². The lowest BCUT2D eigenvalue weighted by molar-refractivity contribution is -0.116. The summed E-state index contributed by atoms with van der Waals surface area (Å²) in [4.78, 5) is 14.4. The second-order valence-corrected chi connectivity index (χ2v) is 6.69. The predicted molar refractivity (Wildman–Crippen MR) is 106 cm³/mol. The number of hydrogen-bond donors (Lipinski definition) is 2. The van der Waals surface area contributed by atoms with Crippen molar-refractivity contribution < 1.29 is 4.79 Å².